The summed E-state index contributed by atoms with van der Waals surface area (Å²) in [6.07, 6.45) is 1.75. The van der Waals surface area contributed by atoms with Crippen LogP contribution in [0.1, 0.15) is 16.1 Å². The first kappa shape index (κ1) is 16.7. The van der Waals surface area contributed by atoms with Crippen LogP contribution in [-0.2, 0) is 6.54 Å². The molecular formula is C21H21N3O. The third kappa shape index (κ3) is 3.86. The zero-order chi connectivity index (χ0) is 17.6. The van der Waals surface area contributed by atoms with E-state index >= 15 is 0 Å². The fraction of sp³-hybridized carbons (Fsp3) is 0.143. The van der Waals surface area contributed by atoms with Crippen molar-refractivity contribution in [1.29, 1.82) is 0 Å². The van der Waals surface area contributed by atoms with Crippen molar-refractivity contribution in [2.75, 3.05) is 23.9 Å². The molecule has 126 valence electrons. The molecule has 0 saturated heterocycles. The average Bonchev–Trinajstić information content (AvgIpc) is 2.67. The summed E-state index contributed by atoms with van der Waals surface area (Å²) in [5.41, 5.74) is 3.36. The summed E-state index contributed by atoms with van der Waals surface area (Å²) in [4.78, 5) is 21.4. The van der Waals surface area contributed by atoms with Crippen LogP contribution in [0.25, 0.3) is 0 Å². The van der Waals surface area contributed by atoms with Gasteiger partial charge in [0.25, 0.3) is 5.91 Å². The zero-order valence-electron chi connectivity index (χ0n) is 14.5. The number of hydrogen-bond acceptors (Lipinski definition) is 3. The average molecular weight is 331 g/mol. The molecule has 1 amide bonds. The van der Waals surface area contributed by atoms with Crippen molar-refractivity contribution in [2.45, 2.75) is 6.54 Å². The Morgan fingerprint density at radius 3 is 2.12 bits per heavy atom. The smallest absolute Gasteiger partial charge is 0.258 e. The van der Waals surface area contributed by atoms with Crippen molar-refractivity contribution >= 4 is 17.3 Å². The van der Waals surface area contributed by atoms with E-state index in [0.717, 1.165) is 17.1 Å². The van der Waals surface area contributed by atoms with E-state index in [2.05, 4.69) is 4.98 Å². The number of pyridine rings is 1. The molecule has 0 saturated carbocycles. The maximum atomic E-state index is 13.2. The predicted octanol–water partition coefficient (Wildman–Crippen LogP) is 3.99. The second-order valence-corrected chi connectivity index (χ2v) is 5.96. The molecule has 0 atom stereocenters. The number of nitrogens with zero attached hydrogens (tertiary/aromatic N) is 3. The summed E-state index contributed by atoms with van der Waals surface area (Å²) in [6.45, 7) is 0.416. The molecule has 1 aromatic heterocycles. The van der Waals surface area contributed by atoms with Gasteiger partial charge in [-0.05, 0) is 36.4 Å². The van der Waals surface area contributed by atoms with E-state index in [9.17, 15) is 4.79 Å². The maximum absolute atomic E-state index is 13.2. The molecule has 4 nitrogen and oxygen atoms in total. The largest absolute Gasteiger partial charge is 0.376 e. The van der Waals surface area contributed by atoms with E-state index in [1.807, 2.05) is 91.8 Å². The first-order valence-electron chi connectivity index (χ1n) is 8.20. The van der Waals surface area contributed by atoms with Gasteiger partial charge in [-0.2, -0.15) is 0 Å². The van der Waals surface area contributed by atoms with Crippen LogP contribution in [0.2, 0.25) is 0 Å². The highest BCUT2D eigenvalue weighted by Crippen LogP contribution is 2.30. The molecule has 0 fully saturated rings. The minimum absolute atomic E-state index is 0.0412. The van der Waals surface area contributed by atoms with Crippen molar-refractivity contribution < 1.29 is 4.79 Å². The molecule has 0 aliphatic carbocycles. The van der Waals surface area contributed by atoms with Crippen molar-refractivity contribution in [2.24, 2.45) is 0 Å². The highest BCUT2D eigenvalue weighted by Gasteiger charge is 2.21. The van der Waals surface area contributed by atoms with E-state index in [0.29, 0.717) is 12.1 Å². The van der Waals surface area contributed by atoms with Gasteiger partial charge in [0, 0.05) is 25.9 Å². The Bertz CT molecular complexity index is 832. The second kappa shape index (κ2) is 7.62. The third-order valence-corrected chi connectivity index (χ3v) is 3.97. The summed E-state index contributed by atoms with van der Waals surface area (Å²) in [5.74, 6) is -0.0412. The van der Waals surface area contributed by atoms with Crippen molar-refractivity contribution in [3.05, 3.63) is 90.3 Å². The van der Waals surface area contributed by atoms with Crippen LogP contribution >= 0.6 is 0 Å². The fourth-order valence-electron chi connectivity index (χ4n) is 2.73. The molecule has 0 N–H and O–H groups in total. The lowest BCUT2D eigenvalue weighted by Crippen LogP contribution is -2.32. The van der Waals surface area contributed by atoms with Gasteiger partial charge >= 0.3 is 0 Å². The molecule has 3 aromatic rings. The lowest BCUT2D eigenvalue weighted by atomic mass is 10.1. The number of aromatic nitrogens is 1. The SMILES string of the molecule is CN(C)c1ccccc1N(Cc1ccccn1)C(=O)c1ccccc1. The number of hydrogen-bond donors (Lipinski definition) is 0. The van der Waals surface area contributed by atoms with E-state index in [4.69, 9.17) is 0 Å². The molecule has 4 heteroatoms. The second-order valence-electron chi connectivity index (χ2n) is 5.96. The number of anilines is 2. The molecule has 2 aromatic carbocycles. The van der Waals surface area contributed by atoms with Gasteiger partial charge in [-0.15, -0.1) is 0 Å². The Morgan fingerprint density at radius 2 is 1.48 bits per heavy atom. The minimum atomic E-state index is -0.0412. The van der Waals surface area contributed by atoms with Gasteiger partial charge < -0.3 is 9.80 Å². The lowest BCUT2D eigenvalue weighted by molar-refractivity contribution is 0.0985. The molecule has 25 heavy (non-hydrogen) atoms. The Morgan fingerprint density at radius 1 is 0.840 bits per heavy atom. The summed E-state index contributed by atoms with van der Waals surface area (Å²) in [7, 11) is 3.95. The topological polar surface area (TPSA) is 36.4 Å². The van der Waals surface area contributed by atoms with Crippen LogP contribution in [-0.4, -0.2) is 25.0 Å². The number of carbonyl (C=O) groups excluding carboxylic acids is 1. The third-order valence-electron chi connectivity index (χ3n) is 3.97. The van der Waals surface area contributed by atoms with Crippen LogP contribution in [0.5, 0.6) is 0 Å². The Balaban J connectivity index is 2.05. The van der Waals surface area contributed by atoms with E-state index in [1.54, 1.807) is 11.1 Å². The van der Waals surface area contributed by atoms with Crippen LogP contribution in [0, 0.1) is 0 Å². The van der Waals surface area contributed by atoms with Crippen molar-refractivity contribution in [1.82, 2.24) is 4.98 Å². The number of para-hydroxylation sites is 2. The highest BCUT2D eigenvalue weighted by atomic mass is 16.2. The number of amides is 1. The molecule has 3 rings (SSSR count). The molecule has 0 aliphatic rings. The van der Waals surface area contributed by atoms with E-state index in [-0.39, 0.29) is 5.91 Å². The lowest BCUT2D eigenvalue weighted by Gasteiger charge is -2.27. The van der Waals surface area contributed by atoms with Crippen LogP contribution in [0.3, 0.4) is 0 Å². The van der Waals surface area contributed by atoms with Gasteiger partial charge in [-0.1, -0.05) is 36.4 Å². The molecule has 0 aliphatic heterocycles. The zero-order valence-corrected chi connectivity index (χ0v) is 14.5. The van der Waals surface area contributed by atoms with Gasteiger partial charge in [0.2, 0.25) is 0 Å². The summed E-state index contributed by atoms with van der Waals surface area (Å²) in [5, 5.41) is 0. The molecule has 1 heterocycles. The van der Waals surface area contributed by atoms with E-state index in [1.165, 1.54) is 0 Å². The standard InChI is InChI=1S/C21H21N3O/c1-23(2)19-13-6-7-14-20(19)24(16-18-12-8-9-15-22-18)21(25)17-10-4-3-5-11-17/h3-15H,16H2,1-2H3. The molecule has 0 unspecified atom stereocenters. The van der Waals surface area contributed by atoms with Crippen LogP contribution in [0.15, 0.2) is 79.0 Å². The molecule has 0 spiro atoms. The number of carbonyl (C=O) groups is 1. The number of rotatable bonds is 5. The van der Waals surface area contributed by atoms with Crippen LogP contribution < -0.4 is 9.80 Å². The first-order chi connectivity index (χ1) is 12.2. The summed E-state index contributed by atoms with van der Waals surface area (Å²) < 4.78 is 0. The van der Waals surface area contributed by atoms with Crippen molar-refractivity contribution in [3.63, 3.8) is 0 Å². The number of benzene rings is 2. The molecule has 0 radical (unpaired) electrons. The van der Waals surface area contributed by atoms with E-state index < -0.39 is 0 Å². The van der Waals surface area contributed by atoms with Crippen LogP contribution in [0.4, 0.5) is 11.4 Å². The van der Waals surface area contributed by atoms with Gasteiger partial charge in [0.1, 0.15) is 0 Å². The highest BCUT2D eigenvalue weighted by molar-refractivity contribution is 6.07. The first-order valence-corrected chi connectivity index (χ1v) is 8.20. The van der Waals surface area contributed by atoms with Gasteiger partial charge in [0.05, 0.1) is 23.6 Å². The van der Waals surface area contributed by atoms with Gasteiger partial charge in [-0.25, -0.2) is 0 Å². The fourth-order valence-corrected chi connectivity index (χ4v) is 2.73. The maximum Gasteiger partial charge on any atom is 0.258 e. The Hall–Kier alpha value is -3.14. The van der Waals surface area contributed by atoms with Gasteiger partial charge in [0.15, 0.2) is 0 Å². The van der Waals surface area contributed by atoms with Crippen molar-refractivity contribution in [3.8, 4) is 0 Å². The summed E-state index contributed by atoms with van der Waals surface area (Å²) in [6, 6.07) is 23.0. The monoisotopic (exact) mass is 331 g/mol. The normalized spacial score (nSPS) is 10.3. The molecule has 0 bridgehead atoms. The Labute approximate surface area is 148 Å². The quantitative estimate of drug-likeness (QED) is 0.709. The van der Waals surface area contributed by atoms with Gasteiger partial charge in [-0.3, -0.25) is 9.78 Å². The predicted molar refractivity (Wildman–Crippen MR) is 102 cm³/mol. The minimum Gasteiger partial charge on any atom is -0.376 e. The Kier molecular flexibility index (Phi) is 5.09. The molecular weight excluding hydrogens is 310 g/mol. The summed E-state index contributed by atoms with van der Waals surface area (Å²) >= 11 is 0.